The zero-order chi connectivity index (χ0) is 12.6. The molecule has 0 bridgehead atoms. The quantitative estimate of drug-likeness (QED) is 0.739. The van der Waals surface area contributed by atoms with E-state index < -0.39 is 5.41 Å². The van der Waals surface area contributed by atoms with Crippen molar-refractivity contribution in [2.45, 2.75) is 52.1 Å². The Morgan fingerprint density at radius 1 is 1.29 bits per heavy atom. The van der Waals surface area contributed by atoms with E-state index in [4.69, 9.17) is 0 Å². The van der Waals surface area contributed by atoms with E-state index in [1.807, 2.05) is 13.8 Å². The number of carbonyl (C=O) groups excluding carboxylic acids is 2. The van der Waals surface area contributed by atoms with Crippen molar-refractivity contribution >= 4 is 11.8 Å². The van der Waals surface area contributed by atoms with Crippen LogP contribution in [0.15, 0.2) is 0 Å². The highest BCUT2D eigenvalue weighted by molar-refractivity contribution is 6.05. The molecule has 2 rings (SSSR count). The molecule has 1 aliphatic carbocycles. The summed E-state index contributed by atoms with van der Waals surface area (Å²) in [7, 11) is 0. The summed E-state index contributed by atoms with van der Waals surface area (Å²) in [5.41, 5.74) is -0.559. The van der Waals surface area contributed by atoms with Crippen molar-refractivity contribution in [2.75, 3.05) is 6.54 Å². The number of rotatable bonds is 2. The van der Waals surface area contributed by atoms with Gasteiger partial charge in [-0.3, -0.25) is 14.5 Å². The third kappa shape index (κ3) is 2.37. The molecule has 0 aromatic rings. The van der Waals surface area contributed by atoms with Crippen LogP contribution in [0.25, 0.3) is 0 Å². The van der Waals surface area contributed by atoms with E-state index in [2.05, 4.69) is 0 Å². The molecule has 2 unspecified atom stereocenters. The van der Waals surface area contributed by atoms with Crippen molar-refractivity contribution in [3.05, 3.63) is 0 Å². The Morgan fingerprint density at radius 3 is 2.47 bits per heavy atom. The minimum Gasteiger partial charge on any atom is -0.393 e. The Bertz CT molecular complexity index is 338. The fraction of sp³-hybridized carbons (Fsp3) is 0.846. The summed E-state index contributed by atoms with van der Waals surface area (Å²) in [6, 6.07) is 0. The molecule has 2 fully saturated rings. The molecule has 17 heavy (non-hydrogen) atoms. The van der Waals surface area contributed by atoms with Crippen molar-refractivity contribution < 1.29 is 14.7 Å². The number of nitrogens with zero attached hydrogens (tertiary/aromatic N) is 1. The number of imide groups is 1. The van der Waals surface area contributed by atoms with Gasteiger partial charge in [0.15, 0.2) is 0 Å². The molecule has 1 aliphatic heterocycles. The van der Waals surface area contributed by atoms with Crippen LogP contribution in [0, 0.1) is 11.3 Å². The summed E-state index contributed by atoms with van der Waals surface area (Å²) >= 11 is 0. The van der Waals surface area contributed by atoms with E-state index in [-0.39, 0.29) is 23.8 Å². The predicted octanol–water partition coefficient (Wildman–Crippen LogP) is 1.32. The normalized spacial score (nSPS) is 33.2. The molecule has 2 amide bonds. The summed E-state index contributed by atoms with van der Waals surface area (Å²) in [6.45, 7) is 4.03. The minimum atomic E-state index is -0.559. The zero-order valence-electron chi connectivity index (χ0n) is 10.6. The largest absolute Gasteiger partial charge is 0.393 e. The smallest absolute Gasteiger partial charge is 0.235 e. The lowest BCUT2D eigenvalue weighted by molar-refractivity contribution is -0.142. The Kier molecular flexibility index (Phi) is 3.25. The molecule has 2 aliphatic rings. The van der Waals surface area contributed by atoms with Gasteiger partial charge < -0.3 is 5.11 Å². The van der Waals surface area contributed by atoms with E-state index in [0.717, 1.165) is 25.7 Å². The average Bonchev–Trinajstić information content (AvgIpc) is 2.43. The van der Waals surface area contributed by atoms with Gasteiger partial charge in [0.2, 0.25) is 11.8 Å². The van der Waals surface area contributed by atoms with Crippen LogP contribution in [-0.4, -0.2) is 34.5 Å². The van der Waals surface area contributed by atoms with E-state index in [0.29, 0.717) is 13.0 Å². The highest BCUT2D eigenvalue weighted by Gasteiger charge is 2.45. The van der Waals surface area contributed by atoms with Gasteiger partial charge in [-0.1, -0.05) is 26.7 Å². The molecule has 96 valence electrons. The predicted molar refractivity (Wildman–Crippen MR) is 63.1 cm³/mol. The van der Waals surface area contributed by atoms with Crippen molar-refractivity contribution in [3.63, 3.8) is 0 Å². The van der Waals surface area contributed by atoms with Crippen molar-refractivity contribution in [3.8, 4) is 0 Å². The number of likely N-dealkylation sites (tertiary alicyclic amines) is 1. The Balaban J connectivity index is 2.03. The first kappa shape index (κ1) is 12.6. The number of hydrogen-bond donors (Lipinski definition) is 1. The van der Waals surface area contributed by atoms with Gasteiger partial charge >= 0.3 is 0 Å². The zero-order valence-corrected chi connectivity index (χ0v) is 10.6. The second-order valence-corrected chi connectivity index (χ2v) is 5.98. The molecule has 4 nitrogen and oxygen atoms in total. The fourth-order valence-electron chi connectivity index (χ4n) is 2.85. The van der Waals surface area contributed by atoms with Crippen LogP contribution in [0.2, 0.25) is 0 Å². The lowest BCUT2D eigenvalue weighted by Crippen LogP contribution is -2.41. The fourth-order valence-corrected chi connectivity index (χ4v) is 2.85. The number of aliphatic hydroxyl groups is 1. The maximum atomic E-state index is 12.0. The molecule has 1 saturated heterocycles. The minimum absolute atomic E-state index is 0.0746. The third-order valence-electron chi connectivity index (χ3n) is 4.00. The molecule has 0 radical (unpaired) electrons. The second kappa shape index (κ2) is 4.41. The van der Waals surface area contributed by atoms with Gasteiger partial charge in [0.05, 0.1) is 11.5 Å². The van der Waals surface area contributed by atoms with Gasteiger partial charge in [0.25, 0.3) is 0 Å². The first-order valence-electron chi connectivity index (χ1n) is 6.45. The van der Waals surface area contributed by atoms with Crippen LogP contribution in [0.3, 0.4) is 0 Å². The standard InChI is InChI=1S/C13H21NO3/c1-13(2)7-11(16)14(12(13)17)8-9-5-3-4-6-10(9)15/h9-10,15H,3-8H2,1-2H3. The van der Waals surface area contributed by atoms with Crippen LogP contribution in [-0.2, 0) is 9.59 Å². The maximum absolute atomic E-state index is 12.0. The first-order chi connectivity index (χ1) is 7.92. The Hall–Kier alpha value is -0.900. The van der Waals surface area contributed by atoms with Gasteiger partial charge in [0.1, 0.15) is 0 Å². The van der Waals surface area contributed by atoms with Gasteiger partial charge in [-0.15, -0.1) is 0 Å². The van der Waals surface area contributed by atoms with E-state index in [1.165, 1.54) is 4.90 Å². The molecule has 0 spiro atoms. The van der Waals surface area contributed by atoms with Gasteiger partial charge in [0, 0.05) is 18.9 Å². The molecule has 1 N–H and O–H groups in total. The molecule has 0 aromatic carbocycles. The van der Waals surface area contributed by atoms with Crippen LogP contribution < -0.4 is 0 Å². The van der Waals surface area contributed by atoms with Crippen LogP contribution >= 0.6 is 0 Å². The molecular weight excluding hydrogens is 218 g/mol. The van der Waals surface area contributed by atoms with Crippen molar-refractivity contribution in [2.24, 2.45) is 11.3 Å². The molecule has 0 aromatic heterocycles. The first-order valence-corrected chi connectivity index (χ1v) is 6.45. The molecule has 1 saturated carbocycles. The van der Waals surface area contributed by atoms with Crippen LogP contribution in [0.1, 0.15) is 46.0 Å². The van der Waals surface area contributed by atoms with Crippen LogP contribution in [0.4, 0.5) is 0 Å². The molecular formula is C13H21NO3. The number of aliphatic hydroxyl groups excluding tert-OH is 1. The van der Waals surface area contributed by atoms with E-state index in [1.54, 1.807) is 0 Å². The summed E-state index contributed by atoms with van der Waals surface area (Å²) in [4.78, 5) is 25.2. The molecule has 4 heteroatoms. The van der Waals surface area contributed by atoms with Gasteiger partial charge in [-0.25, -0.2) is 0 Å². The van der Waals surface area contributed by atoms with Gasteiger partial charge in [-0.05, 0) is 12.8 Å². The number of hydrogen-bond acceptors (Lipinski definition) is 3. The molecule has 2 atom stereocenters. The highest BCUT2D eigenvalue weighted by Crippen LogP contribution is 2.34. The maximum Gasteiger partial charge on any atom is 0.235 e. The number of amides is 2. The lowest BCUT2D eigenvalue weighted by Gasteiger charge is -2.30. The van der Waals surface area contributed by atoms with E-state index >= 15 is 0 Å². The second-order valence-electron chi connectivity index (χ2n) is 5.98. The summed E-state index contributed by atoms with van der Waals surface area (Å²) < 4.78 is 0. The monoisotopic (exact) mass is 239 g/mol. The Morgan fingerprint density at radius 2 is 1.94 bits per heavy atom. The number of carbonyl (C=O) groups is 2. The van der Waals surface area contributed by atoms with Crippen LogP contribution in [0.5, 0.6) is 0 Å². The van der Waals surface area contributed by atoms with Crippen molar-refractivity contribution in [1.82, 2.24) is 4.90 Å². The molecule has 1 heterocycles. The third-order valence-corrected chi connectivity index (χ3v) is 4.00. The topological polar surface area (TPSA) is 57.6 Å². The van der Waals surface area contributed by atoms with Crippen molar-refractivity contribution in [1.29, 1.82) is 0 Å². The Labute approximate surface area is 102 Å². The van der Waals surface area contributed by atoms with E-state index in [9.17, 15) is 14.7 Å². The van der Waals surface area contributed by atoms with Gasteiger partial charge in [-0.2, -0.15) is 0 Å². The highest BCUT2D eigenvalue weighted by atomic mass is 16.3. The SMILES string of the molecule is CC1(C)CC(=O)N(CC2CCCCC2O)C1=O. The summed E-state index contributed by atoms with van der Waals surface area (Å²) in [5, 5.41) is 9.88. The lowest BCUT2D eigenvalue weighted by atomic mass is 9.86. The summed E-state index contributed by atoms with van der Waals surface area (Å²) in [6.07, 6.45) is 3.79. The summed E-state index contributed by atoms with van der Waals surface area (Å²) in [5.74, 6) is -0.0939. The average molecular weight is 239 g/mol.